The average molecular weight is 321 g/mol. The van der Waals surface area contributed by atoms with Gasteiger partial charge in [-0.15, -0.1) is 0 Å². The molecule has 114 valence electrons. The van der Waals surface area contributed by atoms with E-state index in [2.05, 4.69) is 5.32 Å². The van der Waals surface area contributed by atoms with E-state index in [1.54, 1.807) is 24.3 Å². The van der Waals surface area contributed by atoms with Gasteiger partial charge < -0.3 is 15.3 Å². The van der Waals surface area contributed by atoms with Crippen LogP contribution in [0.25, 0.3) is 0 Å². The summed E-state index contributed by atoms with van der Waals surface area (Å²) in [6, 6.07) is 9.25. The number of amides is 1. The van der Waals surface area contributed by atoms with Crippen molar-refractivity contribution in [2.75, 3.05) is 5.32 Å². The number of rotatable bonds is 4. The van der Waals surface area contributed by atoms with Crippen LogP contribution in [0.5, 0.6) is 0 Å². The van der Waals surface area contributed by atoms with Crippen molar-refractivity contribution in [3.63, 3.8) is 0 Å². The molecule has 7 heteroatoms. The summed E-state index contributed by atoms with van der Waals surface area (Å²) in [5.41, 5.74) is 0.696. The quantitative estimate of drug-likeness (QED) is 0.531. The molecule has 0 bridgehead atoms. The van der Waals surface area contributed by atoms with Gasteiger partial charge in [-0.05, 0) is 25.1 Å². The molecule has 6 nitrogen and oxygen atoms in total. The minimum Gasteiger partial charge on any atom is -0.619 e. The molecule has 1 heterocycles. The van der Waals surface area contributed by atoms with Gasteiger partial charge in [0.05, 0.1) is 5.56 Å². The Kier molecular flexibility index (Phi) is 4.95. The van der Waals surface area contributed by atoms with Gasteiger partial charge >= 0.3 is 5.97 Å². The fourth-order valence-corrected chi connectivity index (χ4v) is 1.83. The van der Waals surface area contributed by atoms with Crippen LogP contribution in [0.1, 0.15) is 17.3 Å². The molecule has 0 saturated heterocycles. The Morgan fingerprint density at radius 1 is 1.27 bits per heavy atom. The maximum atomic E-state index is 12.0. The van der Waals surface area contributed by atoms with Gasteiger partial charge in [0, 0.05) is 22.8 Å². The number of nitrogens with one attached hydrogen (secondary N) is 1. The smallest absolute Gasteiger partial charge is 0.339 e. The molecule has 0 fully saturated rings. The first-order valence-electron chi connectivity index (χ1n) is 6.42. The second kappa shape index (κ2) is 6.91. The van der Waals surface area contributed by atoms with Gasteiger partial charge in [0.1, 0.15) is 0 Å². The normalized spacial score (nSPS) is 11.5. The van der Waals surface area contributed by atoms with Crippen LogP contribution in [-0.2, 0) is 9.53 Å². The van der Waals surface area contributed by atoms with Crippen LogP contribution in [-0.4, -0.2) is 18.0 Å². The van der Waals surface area contributed by atoms with Crippen molar-refractivity contribution in [3.8, 4) is 0 Å². The van der Waals surface area contributed by atoms with E-state index in [9.17, 15) is 14.8 Å². The molecule has 0 aliphatic carbocycles. The average Bonchev–Trinajstić information content (AvgIpc) is 2.47. The summed E-state index contributed by atoms with van der Waals surface area (Å²) in [7, 11) is 0. The van der Waals surface area contributed by atoms with Crippen molar-refractivity contribution in [1.82, 2.24) is 0 Å². The van der Waals surface area contributed by atoms with Crippen LogP contribution in [0.3, 0.4) is 0 Å². The summed E-state index contributed by atoms with van der Waals surface area (Å²) in [5, 5.41) is 14.0. The second-order valence-electron chi connectivity index (χ2n) is 4.49. The number of ether oxygens (including phenoxy) is 1. The summed E-state index contributed by atoms with van der Waals surface area (Å²) in [6.45, 7) is 1.45. The third-order valence-corrected chi connectivity index (χ3v) is 3.02. The molecule has 1 atom stereocenters. The summed E-state index contributed by atoms with van der Waals surface area (Å²) >= 11 is 5.82. The zero-order valence-electron chi connectivity index (χ0n) is 11.7. The predicted molar refractivity (Wildman–Crippen MR) is 80.4 cm³/mol. The Labute approximate surface area is 131 Å². The number of hydrogen-bond acceptors (Lipinski definition) is 4. The third kappa shape index (κ3) is 4.20. The molecule has 0 aliphatic heterocycles. The van der Waals surface area contributed by atoms with Gasteiger partial charge in [-0.25, -0.2) is 4.79 Å². The predicted octanol–water partition coefficient (Wildman–Crippen LogP) is 2.16. The standard InChI is InChI=1S/C15H13ClN2O4/c1-10(14(19)17-13-4-2-3-12(16)9-13)22-15(20)11-5-7-18(21)8-6-11/h2-10H,1H3,(H,17,19). The highest BCUT2D eigenvalue weighted by Crippen LogP contribution is 2.15. The molecule has 1 N–H and O–H groups in total. The number of hydrogen-bond donors (Lipinski definition) is 1. The first-order valence-corrected chi connectivity index (χ1v) is 6.80. The van der Waals surface area contributed by atoms with Crippen LogP contribution in [0.15, 0.2) is 48.8 Å². The molecule has 1 amide bonds. The lowest BCUT2D eigenvalue weighted by molar-refractivity contribution is -0.605. The topological polar surface area (TPSA) is 82.3 Å². The Balaban J connectivity index is 1.96. The summed E-state index contributed by atoms with van der Waals surface area (Å²) in [4.78, 5) is 23.8. The number of carbonyl (C=O) groups is 2. The van der Waals surface area contributed by atoms with Crippen LogP contribution in [0.4, 0.5) is 5.69 Å². The van der Waals surface area contributed by atoms with E-state index >= 15 is 0 Å². The van der Waals surface area contributed by atoms with Gasteiger partial charge in [0.2, 0.25) is 0 Å². The minimum absolute atomic E-state index is 0.189. The van der Waals surface area contributed by atoms with E-state index in [1.165, 1.54) is 31.5 Å². The number of carbonyl (C=O) groups excluding carboxylic acids is 2. The van der Waals surface area contributed by atoms with Crippen molar-refractivity contribution in [3.05, 3.63) is 64.6 Å². The van der Waals surface area contributed by atoms with Crippen LogP contribution < -0.4 is 10.0 Å². The van der Waals surface area contributed by atoms with Gasteiger partial charge in [0.15, 0.2) is 18.5 Å². The molecule has 0 aliphatic rings. The number of anilines is 1. The molecule has 1 aromatic carbocycles. The molecular formula is C15H13ClN2O4. The molecule has 2 aromatic rings. The maximum absolute atomic E-state index is 12.0. The van der Waals surface area contributed by atoms with Crippen LogP contribution >= 0.6 is 11.6 Å². The summed E-state index contributed by atoms with van der Waals surface area (Å²) in [5.74, 6) is -1.17. The van der Waals surface area contributed by atoms with Crippen molar-refractivity contribution in [2.24, 2.45) is 0 Å². The first-order chi connectivity index (χ1) is 10.5. The van der Waals surface area contributed by atoms with Gasteiger partial charge in [-0.2, -0.15) is 4.73 Å². The van der Waals surface area contributed by atoms with E-state index in [4.69, 9.17) is 16.3 Å². The fraction of sp³-hybridized carbons (Fsp3) is 0.133. The van der Waals surface area contributed by atoms with Crippen molar-refractivity contribution in [2.45, 2.75) is 13.0 Å². The monoisotopic (exact) mass is 320 g/mol. The van der Waals surface area contributed by atoms with Gasteiger partial charge in [0.25, 0.3) is 5.91 Å². The number of pyridine rings is 1. The largest absolute Gasteiger partial charge is 0.619 e. The van der Waals surface area contributed by atoms with E-state index in [-0.39, 0.29) is 5.56 Å². The number of esters is 1. The zero-order chi connectivity index (χ0) is 16.1. The van der Waals surface area contributed by atoms with Crippen molar-refractivity contribution >= 4 is 29.2 Å². The maximum Gasteiger partial charge on any atom is 0.339 e. The van der Waals surface area contributed by atoms with Crippen LogP contribution in [0.2, 0.25) is 5.02 Å². The molecule has 22 heavy (non-hydrogen) atoms. The Hall–Kier alpha value is -2.60. The van der Waals surface area contributed by atoms with Gasteiger partial charge in [-0.3, -0.25) is 4.79 Å². The number of halogens is 1. The molecule has 0 saturated carbocycles. The van der Waals surface area contributed by atoms with E-state index < -0.39 is 18.0 Å². The lowest BCUT2D eigenvalue weighted by atomic mass is 10.2. The summed E-state index contributed by atoms with van der Waals surface area (Å²) in [6.07, 6.45) is 1.35. The van der Waals surface area contributed by atoms with Crippen molar-refractivity contribution in [1.29, 1.82) is 0 Å². The highest BCUT2D eigenvalue weighted by atomic mass is 35.5. The number of nitrogens with zero attached hydrogens (tertiary/aromatic N) is 1. The Bertz CT molecular complexity index is 688. The minimum atomic E-state index is -0.994. The molecule has 1 aromatic heterocycles. The highest BCUT2D eigenvalue weighted by Gasteiger charge is 2.19. The Morgan fingerprint density at radius 3 is 2.59 bits per heavy atom. The molecule has 1 unspecified atom stereocenters. The fourth-order valence-electron chi connectivity index (χ4n) is 1.64. The lowest BCUT2D eigenvalue weighted by Crippen LogP contribution is -2.30. The number of aromatic nitrogens is 1. The number of benzene rings is 1. The molecule has 2 rings (SSSR count). The van der Waals surface area contributed by atoms with E-state index in [0.29, 0.717) is 15.4 Å². The highest BCUT2D eigenvalue weighted by molar-refractivity contribution is 6.30. The van der Waals surface area contributed by atoms with Crippen LogP contribution in [0, 0.1) is 5.21 Å². The molecule has 0 radical (unpaired) electrons. The van der Waals surface area contributed by atoms with E-state index in [1.807, 2.05) is 0 Å². The zero-order valence-corrected chi connectivity index (χ0v) is 12.4. The Morgan fingerprint density at radius 2 is 1.95 bits per heavy atom. The van der Waals surface area contributed by atoms with Gasteiger partial charge in [-0.1, -0.05) is 17.7 Å². The third-order valence-electron chi connectivity index (χ3n) is 2.78. The van der Waals surface area contributed by atoms with Crippen molar-refractivity contribution < 1.29 is 19.1 Å². The molecular weight excluding hydrogens is 308 g/mol. The SMILES string of the molecule is CC(OC(=O)c1cc[n+]([O-])cc1)C(=O)Nc1cccc(Cl)c1. The first kappa shape index (κ1) is 15.8. The summed E-state index contributed by atoms with van der Waals surface area (Å²) < 4.78 is 5.59. The van der Waals surface area contributed by atoms with E-state index in [0.717, 1.165) is 0 Å². The lowest BCUT2D eigenvalue weighted by Gasteiger charge is -2.13. The second-order valence-corrected chi connectivity index (χ2v) is 4.93. The molecule has 0 spiro atoms.